The maximum atomic E-state index is 5.31. The van der Waals surface area contributed by atoms with Crippen molar-refractivity contribution in [1.82, 2.24) is 0 Å². The molecule has 0 unspecified atom stereocenters. The van der Waals surface area contributed by atoms with E-state index in [1.165, 1.54) is 30.4 Å². The largest absolute Gasteiger partial charge is 0.452 e. The van der Waals surface area contributed by atoms with Crippen LogP contribution in [-0.4, -0.2) is 19.3 Å². The van der Waals surface area contributed by atoms with Crippen molar-refractivity contribution >= 4 is 17.2 Å². The molecule has 0 saturated carbocycles. The van der Waals surface area contributed by atoms with Gasteiger partial charge in [-0.25, -0.2) is 4.99 Å². The van der Waals surface area contributed by atoms with E-state index in [2.05, 4.69) is 23.2 Å². The minimum absolute atomic E-state index is 0.323. The molecule has 0 amide bonds. The zero-order chi connectivity index (χ0) is 12.2. The second-order valence-electron chi connectivity index (χ2n) is 4.61. The summed E-state index contributed by atoms with van der Waals surface area (Å²) in [5, 5.41) is 0. The van der Waals surface area contributed by atoms with Gasteiger partial charge >= 0.3 is 0 Å². The zero-order valence-electron chi connectivity index (χ0n) is 10.4. The van der Waals surface area contributed by atoms with E-state index in [9.17, 15) is 0 Å². The van der Waals surface area contributed by atoms with Crippen molar-refractivity contribution in [2.24, 2.45) is 4.99 Å². The lowest BCUT2D eigenvalue weighted by atomic mass is 9.93. The third-order valence-electron chi connectivity index (χ3n) is 3.32. The molecular formula is C15H17NO2. The summed E-state index contributed by atoms with van der Waals surface area (Å²) in [7, 11) is 0. The standard InChI is InChI=1S/C15H17NO2/c1-2-6-12(7-3-1)13-8-4-5-9-14(13)16-15-10-17-11-18-15/h4-6,8-9H,1-3,7,10-11H2. The molecular weight excluding hydrogens is 226 g/mol. The van der Waals surface area contributed by atoms with Gasteiger partial charge in [-0.15, -0.1) is 0 Å². The van der Waals surface area contributed by atoms with Crippen LogP contribution in [-0.2, 0) is 9.47 Å². The number of nitrogens with zero attached hydrogens (tertiary/aromatic N) is 1. The predicted molar refractivity (Wildman–Crippen MR) is 71.9 cm³/mol. The van der Waals surface area contributed by atoms with Gasteiger partial charge in [-0.3, -0.25) is 0 Å². The molecule has 3 nitrogen and oxygen atoms in total. The first-order valence-corrected chi connectivity index (χ1v) is 6.50. The van der Waals surface area contributed by atoms with Crippen molar-refractivity contribution < 1.29 is 9.47 Å². The topological polar surface area (TPSA) is 30.8 Å². The molecule has 1 aromatic carbocycles. The molecule has 0 atom stereocenters. The van der Waals surface area contributed by atoms with Gasteiger partial charge < -0.3 is 9.47 Å². The van der Waals surface area contributed by atoms with Crippen molar-refractivity contribution in [2.75, 3.05) is 13.4 Å². The lowest BCUT2D eigenvalue weighted by molar-refractivity contribution is 0.0890. The van der Waals surface area contributed by atoms with E-state index >= 15 is 0 Å². The van der Waals surface area contributed by atoms with Gasteiger partial charge in [0.1, 0.15) is 6.61 Å². The summed E-state index contributed by atoms with van der Waals surface area (Å²) in [6.45, 7) is 0.803. The third kappa shape index (κ3) is 2.46. The first-order valence-electron chi connectivity index (χ1n) is 6.50. The highest BCUT2D eigenvalue weighted by atomic mass is 16.7. The van der Waals surface area contributed by atoms with E-state index in [4.69, 9.17) is 9.47 Å². The Hall–Kier alpha value is -1.61. The van der Waals surface area contributed by atoms with Gasteiger partial charge in [0.15, 0.2) is 6.79 Å². The molecule has 94 valence electrons. The molecule has 1 fully saturated rings. The van der Waals surface area contributed by atoms with Crippen molar-refractivity contribution in [1.29, 1.82) is 0 Å². The van der Waals surface area contributed by atoms with Gasteiger partial charge in [0.2, 0.25) is 5.90 Å². The normalized spacial score (nSPS) is 21.8. The van der Waals surface area contributed by atoms with Gasteiger partial charge in [0.05, 0.1) is 5.69 Å². The van der Waals surface area contributed by atoms with Crippen LogP contribution in [0, 0.1) is 0 Å². The molecule has 0 aromatic heterocycles. The average Bonchev–Trinajstić information content (AvgIpc) is 2.93. The van der Waals surface area contributed by atoms with Crippen molar-refractivity contribution in [3.8, 4) is 0 Å². The van der Waals surface area contributed by atoms with E-state index in [1.807, 2.05) is 12.1 Å². The summed E-state index contributed by atoms with van der Waals surface area (Å²) < 4.78 is 10.5. The number of hydrogen-bond acceptors (Lipinski definition) is 3. The number of allylic oxidation sites excluding steroid dienone is 2. The molecule has 18 heavy (non-hydrogen) atoms. The summed E-state index contributed by atoms with van der Waals surface area (Å²) in [6, 6.07) is 8.27. The summed E-state index contributed by atoms with van der Waals surface area (Å²) in [6.07, 6.45) is 7.25. The van der Waals surface area contributed by atoms with Gasteiger partial charge in [0, 0.05) is 5.56 Å². The highest BCUT2D eigenvalue weighted by molar-refractivity contribution is 5.84. The monoisotopic (exact) mass is 243 g/mol. The Morgan fingerprint density at radius 1 is 1.11 bits per heavy atom. The number of benzene rings is 1. The maximum Gasteiger partial charge on any atom is 0.217 e. The smallest absolute Gasteiger partial charge is 0.217 e. The van der Waals surface area contributed by atoms with Crippen LogP contribution in [0.15, 0.2) is 35.3 Å². The van der Waals surface area contributed by atoms with Gasteiger partial charge in [-0.2, -0.15) is 0 Å². The molecule has 3 heteroatoms. The number of aliphatic imine (C=N–C) groups is 1. The number of hydrogen-bond donors (Lipinski definition) is 0. The fraction of sp³-hybridized carbons (Fsp3) is 0.400. The van der Waals surface area contributed by atoms with Crippen LogP contribution in [0.4, 0.5) is 5.69 Å². The molecule has 1 saturated heterocycles. The summed E-state index contributed by atoms with van der Waals surface area (Å²) in [5.74, 6) is 0.679. The lowest BCUT2D eigenvalue weighted by Gasteiger charge is -2.14. The van der Waals surface area contributed by atoms with Crippen LogP contribution in [0.3, 0.4) is 0 Å². The van der Waals surface area contributed by atoms with Gasteiger partial charge in [-0.05, 0) is 37.3 Å². The Kier molecular flexibility index (Phi) is 3.42. The number of para-hydroxylation sites is 1. The van der Waals surface area contributed by atoms with Crippen LogP contribution in [0.5, 0.6) is 0 Å². The first-order chi connectivity index (χ1) is 8.93. The number of ether oxygens (including phenoxy) is 2. The molecule has 1 heterocycles. The van der Waals surface area contributed by atoms with E-state index in [1.54, 1.807) is 0 Å². The minimum atomic E-state index is 0.323. The molecule has 3 rings (SSSR count). The summed E-state index contributed by atoms with van der Waals surface area (Å²) >= 11 is 0. The highest BCUT2D eigenvalue weighted by Gasteiger charge is 2.13. The SMILES string of the molecule is C1=C(c2ccccc2N=C2COCO2)CCCC1. The Morgan fingerprint density at radius 3 is 2.83 bits per heavy atom. The molecule has 0 N–H and O–H groups in total. The highest BCUT2D eigenvalue weighted by Crippen LogP contribution is 2.33. The van der Waals surface area contributed by atoms with E-state index in [-0.39, 0.29) is 0 Å². The zero-order valence-corrected chi connectivity index (χ0v) is 10.4. The molecule has 1 aliphatic heterocycles. The van der Waals surface area contributed by atoms with Crippen LogP contribution in [0.1, 0.15) is 31.2 Å². The molecule has 0 bridgehead atoms. The number of rotatable bonds is 2. The second-order valence-corrected chi connectivity index (χ2v) is 4.61. The average molecular weight is 243 g/mol. The molecule has 1 aromatic rings. The fourth-order valence-electron chi connectivity index (χ4n) is 2.40. The molecule has 2 aliphatic rings. The second kappa shape index (κ2) is 5.36. The quantitative estimate of drug-likeness (QED) is 0.793. The predicted octanol–water partition coefficient (Wildman–Crippen LogP) is 3.68. The lowest BCUT2D eigenvalue weighted by Crippen LogP contribution is -1.99. The van der Waals surface area contributed by atoms with Crippen LogP contribution >= 0.6 is 0 Å². The van der Waals surface area contributed by atoms with Crippen molar-refractivity contribution in [2.45, 2.75) is 25.7 Å². The van der Waals surface area contributed by atoms with Crippen LogP contribution in [0.25, 0.3) is 5.57 Å². The first kappa shape index (κ1) is 11.5. The van der Waals surface area contributed by atoms with E-state index < -0.39 is 0 Å². The summed E-state index contributed by atoms with van der Waals surface area (Å²) in [4.78, 5) is 4.56. The van der Waals surface area contributed by atoms with Crippen LogP contribution in [0.2, 0.25) is 0 Å². The Balaban J connectivity index is 1.94. The Bertz CT molecular complexity index is 483. The Morgan fingerprint density at radius 2 is 2.06 bits per heavy atom. The minimum Gasteiger partial charge on any atom is -0.452 e. The maximum absolute atomic E-state index is 5.31. The van der Waals surface area contributed by atoms with Crippen LogP contribution < -0.4 is 0 Å². The van der Waals surface area contributed by atoms with E-state index in [0.29, 0.717) is 19.3 Å². The molecule has 0 spiro atoms. The van der Waals surface area contributed by atoms with Crippen molar-refractivity contribution in [3.05, 3.63) is 35.9 Å². The molecule has 0 radical (unpaired) electrons. The Labute approximate surface area is 107 Å². The van der Waals surface area contributed by atoms with E-state index in [0.717, 1.165) is 12.1 Å². The van der Waals surface area contributed by atoms with Gasteiger partial charge in [0.25, 0.3) is 0 Å². The summed E-state index contributed by atoms with van der Waals surface area (Å²) in [5.41, 5.74) is 3.64. The molecule has 1 aliphatic carbocycles. The fourth-order valence-corrected chi connectivity index (χ4v) is 2.40. The third-order valence-corrected chi connectivity index (χ3v) is 3.32. The van der Waals surface area contributed by atoms with Gasteiger partial charge in [-0.1, -0.05) is 24.3 Å². The van der Waals surface area contributed by atoms with Crippen molar-refractivity contribution in [3.63, 3.8) is 0 Å².